The molecule has 0 saturated carbocycles. The van der Waals surface area contributed by atoms with E-state index in [9.17, 15) is 14.4 Å². The molecule has 2 amide bonds. The van der Waals surface area contributed by atoms with Crippen LogP contribution in [0.2, 0.25) is 0 Å². The second-order valence-electron chi connectivity index (χ2n) is 3.78. The fourth-order valence-corrected chi connectivity index (χ4v) is 1.36. The summed E-state index contributed by atoms with van der Waals surface area (Å²) in [7, 11) is 0. The Morgan fingerprint density at radius 3 is 2.67 bits per heavy atom. The van der Waals surface area contributed by atoms with E-state index in [0.717, 1.165) is 0 Å². The van der Waals surface area contributed by atoms with Gasteiger partial charge in [0.1, 0.15) is 6.04 Å². The van der Waals surface area contributed by atoms with Gasteiger partial charge in [-0.2, -0.15) is 5.10 Å². The molecule has 8 heteroatoms. The number of carbonyl (C=O) groups is 3. The monoisotopic (exact) mass is 254 g/mol. The minimum Gasteiger partial charge on any atom is -0.480 e. The molecule has 98 valence electrons. The van der Waals surface area contributed by atoms with Crippen molar-refractivity contribution in [3.8, 4) is 0 Å². The topological polar surface area (TPSA) is 138 Å². The summed E-state index contributed by atoms with van der Waals surface area (Å²) < 4.78 is 0. The zero-order valence-corrected chi connectivity index (χ0v) is 9.77. The average Bonchev–Trinajstić information content (AvgIpc) is 2.69. The van der Waals surface area contributed by atoms with Crippen molar-refractivity contribution in [2.75, 3.05) is 0 Å². The quantitative estimate of drug-likeness (QED) is 0.524. The number of primary amides is 1. The first-order valence-corrected chi connectivity index (χ1v) is 5.23. The Bertz CT molecular complexity index is 468. The van der Waals surface area contributed by atoms with Gasteiger partial charge in [0.25, 0.3) is 5.91 Å². The predicted octanol–water partition coefficient (Wildman–Crippen LogP) is -0.833. The Labute approximate surface area is 103 Å². The number of aromatic amines is 1. The first kappa shape index (κ1) is 13.7. The Hall–Kier alpha value is -2.38. The third-order valence-corrected chi connectivity index (χ3v) is 2.36. The number of carbonyl (C=O) groups excluding carboxylic acids is 2. The summed E-state index contributed by atoms with van der Waals surface area (Å²) in [5, 5.41) is 17.5. The number of aliphatic carboxylic acids is 1. The Morgan fingerprint density at radius 1 is 1.56 bits per heavy atom. The van der Waals surface area contributed by atoms with Gasteiger partial charge in [-0.15, -0.1) is 0 Å². The molecule has 1 unspecified atom stereocenters. The molecule has 0 fully saturated rings. The number of carboxylic acid groups (broad SMARTS) is 1. The van der Waals surface area contributed by atoms with Gasteiger partial charge in [-0.1, -0.05) is 0 Å². The molecule has 8 nitrogen and oxygen atoms in total. The third-order valence-electron chi connectivity index (χ3n) is 2.36. The van der Waals surface area contributed by atoms with Gasteiger partial charge in [-0.05, 0) is 13.3 Å². The van der Waals surface area contributed by atoms with Crippen molar-refractivity contribution in [3.05, 3.63) is 17.5 Å². The van der Waals surface area contributed by atoms with Gasteiger partial charge < -0.3 is 16.2 Å². The van der Waals surface area contributed by atoms with E-state index in [4.69, 9.17) is 10.8 Å². The van der Waals surface area contributed by atoms with Crippen molar-refractivity contribution in [3.63, 3.8) is 0 Å². The molecule has 1 heterocycles. The van der Waals surface area contributed by atoms with E-state index in [1.807, 2.05) is 0 Å². The molecular weight excluding hydrogens is 240 g/mol. The lowest BCUT2D eigenvalue weighted by atomic mass is 10.1. The van der Waals surface area contributed by atoms with E-state index in [1.165, 1.54) is 6.20 Å². The lowest BCUT2D eigenvalue weighted by Crippen LogP contribution is -2.41. The number of hydrogen-bond donors (Lipinski definition) is 4. The van der Waals surface area contributed by atoms with Gasteiger partial charge in [0.05, 0.1) is 11.8 Å². The number of carboxylic acids is 1. The maximum absolute atomic E-state index is 11.7. The van der Waals surface area contributed by atoms with Crippen LogP contribution in [0.3, 0.4) is 0 Å². The molecule has 1 aromatic rings. The van der Waals surface area contributed by atoms with E-state index in [2.05, 4.69) is 15.5 Å². The molecule has 0 bridgehead atoms. The summed E-state index contributed by atoms with van der Waals surface area (Å²) in [5.74, 6) is -2.39. The highest BCUT2D eigenvalue weighted by Gasteiger charge is 2.22. The van der Waals surface area contributed by atoms with Crippen LogP contribution in [0.25, 0.3) is 0 Å². The molecule has 0 aliphatic carbocycles. The average molecular weight is 254 g/mol. The summed E-state index contributed by atoms with van der Waals surface area (Å²) in [6.45, 7) is 1.64. The molecular formula is C10H14N4O4. The minimum atomic E-state index is -1.22. The van der Waals surface area contributed by atoms with Crippen LogP contribution in [0, 0.1) is 6.92 Å². The van der Waals surface area contributed by atoms with E-state index in [0.29, 0.717) is 5.69 Å². The predicted molar refractivity (Wildman–Crippen MR) is 60.6 cm³/mol. The van der Waals surface area contributed by atoms with Crippen molar-refractivity contribution in [2.24, 2.45) is 5.73 Å². The van der Waals surface area contributed by atoms with Crippen LogP contribution in [-0.4, -0.2) is 39.1 Å². The van der Waals surface area contributed by atoms with E-state index in [-0.39, 0.29) is 18.4 Å². The fourth-order valence-electron chi connectivity index (χ4n) is 1.36. The van der Waals surface area contributed by atoms with Crippen molar-refractivity contribution in [1.29, 1.82) is 0 Å². The van der Waals surface area contributed by atoms with Crippen LogP contribution in [0.4, 0.5) is 0 Å². The minimum absolute atomic E-state index is 0.0483. The molecule has 0 aromatic carbocycles. The van der Waals surface area contributed by atoms with Gasteiger partial charge in [-0.3, -0.25) is 14.7 Å². The zero-order valence-electron chi connectivity index (χ0n) is 9.77. The van der Waals surface area contributed by atoms with Crippen LogP contribution in [0.1, 0.15) is 28.9 Å². The largest absolute Gasteiger partial charge is 0.480 e. The first-order valence-electron chi connectivity index (χ1n) is 5.23. The Kier molecular flexibility index (Phi) is 4.41. The van der Waals surface area contributed by atoms with E-state index in [1.54, 1.807) is 6.92 Å². The number of amides is 2. The number of hydrogen-bond acceptors (Lipinski definition) is 4. The second kappa shape index (κ2) is 5.80. The third kappa shape index (κ3) is 3.58. The molecule has 0 saturated heterocycles. The smallest absolute Gasteiger partial charge is 0.326 e. The van der Waals surface area contributed by atoms with E-state index >= 15 is 0 Å². The highest BCUT2D eigenvalue weighted by atomic mass is 16.4. The second-order valence-corrected chi connectivity index (χ2v) is 3.78. The summed E-state index contributed by atoms with van der Waals surface area (Å²) in [6, 6.07) is -1.15. The van der Waals surface area contributed by atoms with Crippen molar-refractivity contribution in [2.45, 2.75) is 25.8 Å². The Balaban J connectivity index is 2.67. The van der Waals surface area contributed by atoms with E-state index < -0.39 is 23.8 Å². The fraction of sp³-hybridized carbons (Fsp3) is 0.400. The molecule has 18 heavy (non-hydrogen) atoms. The van der Waals surface area contributed by atoms with Crippen LogP contribution in [-0.2, 0) is 9.59 Å². The molecule has 1 aromatic heterocycles. The highest BCUT2D eigenvalue weighted by Crippen LogP contribution is 2.04. The molecule has 0 aliphatic rings. The lowest BCUT2D eigenvalue weighted by molar-refractivity contribution is -0.139. The maximum atomic E-state index is 11.7. The number of nitrogens with zero attached hydrogens (tertiary/aromatic N) is 1. The summed E-state index contributed by atoms with van der Waals surface area (Å²) in [5.41, 5.74) is 5.73. The van der Waals surface area contributed by atoms with Crippen LogP contribution >= 0.6 is 0 Å². The molecule has 5 N–H and O–H groups in total. The first-order chi connectivity index (χ1) is 8.41. The number of nitrogens with two attached hydrogens (primary N) is 1. The van der Waals surface area contributed by atoms with Gasteiger partial charge in [0.2, 0.25) is 5.91 Å². The molecule has 0 radical (unpaired) electrons. The number of H-pyrrole nitrogens is 1. The highest BCUT2D eigenvalue weighted by molar-refractivity contribution is 5.97. The Morgan fingerprint density at radius 2 is 2.22 bits per heavy atom. The molecule has 0 aliphatic heterocycles. The summed E-state index contributed by atoms with van der Waals surface area (Å²) >= 11 is 0. The van der Waals surface area contributed by atoms with Crippen molar-refractivity contribution >= 4 is 17.8 Å². The lowest BCUT2D eigenvalue weighted by Gasteiger charge is -2.13. The number of aryl methyl sites for hydroxylation is 1. The van der Waals surface area contributed by atoms with Gasteiger partial charge in [0, 0.05) is 12.1 Å². The zero-order chi connectivity index (χ0) is 13.7. The van der Waals surface area contributed by atoms with Gasteiger partial charge in [-0.25, -0.2) is 4.79 Å². The van der Waals surface area contributed by atoms with Gasteiger partial charge in [0.15, 0.2) is 0 Å². The summed E-state index contributed by atoms with van der Waals surface area (Å²) in [4.78, 5) is 33.2. The van der Waals surface area contributed by atoms with Crippen LogP contribution in [0.15, 0.2) is 6.20 Å². The molecule has 1 atom stereocenters. The summed E-state index contributed by atoms with van der Waals surface area (Å²) in [6.07, 6.45) is 1.15. The SMILES string of the molecule is Cc1[nH]ncc1C(=O)NC(CCC(N)=O)C(=O)O. The van der Waals surface area contributed by atoms with Crippen molar-refractivity contribution < 1.29 is 19.5 Å². The number of rotatable bonds is 6. The standard InChI is InChI=1S/C10H14N4O4/c1-5-6(4-12-14-5)9(16)13-7(10(17)18)2-3-8(11)15/h4,7H,2-3H2,1H3,(H2,11,15)(H,12,14)(H,13,16)(H,17,18). The maximum Gasteiger partial charge on any atom is 0.326 e. The van der Waals surface area contributed by atoms with Crippen LogP contribution < -0.4 is 11.1 Å². The van der Waals surface area contributed by atoms with Gasteiger partial charge >= 0.3 is 5.97 Å². The number of nitrogens with one attached hydrogen (secondary N) is 2. The number of aromatic nitrogens is 2. The van der Waals surface area contributed by atoms with Crippen molar-refractivity contribution in [1.82, 2.24) is 15.5 Å². The normalized spacial score (nSPS) is 11.8. The molecule has 1 rings (SSSR count). The molecule has 0 spiro atoms. The van der Waals surface area contributed by atoms with Crippen LogP contribution in [0.5, 0.6) is 0 Å².